The fourth-order valence-corrected chi connectivity index (χ4v) is 2.63. The molecule has 120 valence electrons. The highest BCUT2D eigenvalue weighted by atomic mass is 14.1. The molecular formula is C24H24. The van der Waals surface area contributed by atoms with E-state index in [1.54, 1.807) is 6.08 Å². The smallest absolute Gasteiger partial charge is 0.00126 e. The second-order valence-corrected chi connectivity index (χ2v) is 5.62. The Labute approximate surface area is 145 Å². The van der Waals surface area contributed by atoms with Crippen LogP contribution in [0.1, 0.15) is 12.0 Å². The van der Waals surface area contributed by atoms with Gasteiger partial charge in [0.2, 0.25) is 0 Å². The molecule has 0 radical (unpaired) electrons. The van der Waals surface area contributed by atoms with Gasteiger partial charge in [0.25, 0.3) is 0 Å². The molecule has 0 heteroatoms. The van der Waals surface area contributed by atoms with Crippen LogP contribution in [-0.2, 0) is 0 Å². The van der Waals surface area contributed by atoms with Crippen LogP contribution in [0.2, 0.25) is 0 Å². The van der Waals surface area contributed by atoms with Crippen molar-refractivity contribution in [3.63, 3.8) is 0 Å². The molecule has 1 unspecified atom stereocenters. The molecule has 1 atom stereocenters. The third kappa shape index (κ3) is 4.82. The molecule has 0 aromatic heterocycles. The van der Waals surface area contributed by atoms with Crippen molar-refractivity contribution in [1.29, 1.82) is 0 Å². The van der Waals surface area contributed by atoms with E-state index in [1.165, 1.54) is 16.3 Å². The molecule has 0 nitrogen and oxygen atoms in total. The summed E-state index contributed by atoms with van der Waals surface area (Å²) in [6.07, 6.45) is 8.65. The van der Waals surface area contributed by atoms with Gasteiger partial charge in [-0.25, -0.2) is 0 Å². The maximum atomic E-state index is 4.35. The second-order valence-electron chi connectivity index (χ2n) is 5.62. The molecule has 24 heavy (non-hydrogen) atoms. The summed E-state index contributed by atoms with van der Waals surface area (Å²) in [5, 5.41) is 2.40. The highest BCUT2D eigenvalue weighted by Crippen LogP contribution is 2.27. The summed E-state index contributed by atoms with van der Waals surface area (Å²) in [7, 11) is 0. The van der Waals surface area contributed by atoms with Crippen LogP contribution in [0.5, 0.6) is 0 Å². The van der Waals surface area contributed by atoms with Gasteiger partial charge in [-0.3, -0.25) is 0 Å². The Morgan fingerprint density at radius 1 is 0.875 bits per heavy atom. The number of rotatable bonds is 6. The van der Waals surface area contributed by atoms with Crippen molar-refractivity contribution in [3.05, 3.63) is 116 Å². The molecule has 0 saturated heterocycles. The minimum Gasteiger partial charge on any atom is -0.102 e. The van der Waals surface area contributed by atoms with Crippen molar-refractivity contribution in [2.24, 2.45) is 5.92 Å². The first-order valence-corrected chi connectivity index (χ1v) is 8.17. The first-order valence-electron chi connectivity index (χ1n) is 8.17. The van der Waals surface area contributed by atoms with Gasteiger partial charge in [-0.1, -0.05) is 104 Å². The molecule has 0 aliphatic carbocycles. The van der Waals surface area contributed by atoms with Crippen molar-refractivity contribution in [1.82, 2.24) is 0 Å². The summed E-state index contributed by atoms with van der Waals surface area (Å²) >= 11 is 0. The van der Waals surface area contributed by atoms with Crippen LogP contribution in [0.4, 0.5) is 0 Å². The molecule has 0 saturated carbocycles. The zero-order chi connectivity index (χ0) is 17.2. The Morgan fingerprint density at radius 2 is 1.50 bits per heavy atom. The van der Waals surface area contributed by atoms with Gasteiger partial charge in [0, 0.05) is 0 Å². The first kappa shape index (κ1) is 17.5. The van der Waals surface area contributed by atoms with Crippen LogP contribution in [0.25, 0.3) is 16.3 Å². The Kier molecular flexibility index (Phi) is 6.79. The largest absolute Gasteiger partial charge is 0.102 e. The number of hydrogen-bond donors (Lipinski definition) is 0. The van der Waals surface area contributed by atoms with Crippen molar-refractivity contribution in [3.8, 4) is 0 Å². The predicted molar refractivity (Wildman–Crippen MR) is 108 cm³/mol. The fraction of sp³-hybridized carbons (Fsp3) is 0.0833. The Hall–Kier alpha value is -2.86. The Balaban J connectivity index is 2.53. The predicted octanol–water partition coefficient (Wildman–Crippen LogP) is 6.91. The number of fused-ring (bicyclic) bond motifs is 1. The van der Waals surface area contributed by atoms with E-state index in [2.05, 4.69) is 74.3 Å². The van der Waals surface area contributed by atoms with Gasteiger partial charge in [-0.15, -0.1) is 6.58 Å². The van der Waals surface area contributed by atoms with Gasteiger partial charge < -0.3 is 0 Å². The fourth-order valence-electron chi connectivity index (χ4n) is 2.63. The lowest BCUT2D eigenvalue weighted by Gasteiger charge is -2.12. The SMILES string of the molecule is C=C/C=C\C(C=C)CC(=C)c1cccccccc2ccccc12. The van der Waals surface area contributed by atoms with E-state index in [9.17, 15) is 0 Å². The summed E-state index contributed by atoms with van der Waals surface area (Å²) in [6.45, 7) is 12.0. The zero-order valence-corrected chi connectivity index (χ0v) is 14.1. The third-order valence-corrected chi connectivity index (χ3v) is 3.89. The van der Waals surface area contributed by atoms with Crippen LogP contribution in [0.15, 0.2) is 111 Å². The van der Waals surface area contributed by atoms with Crippen LogP contribution < -0.4 is 0 Å². The summed E-state index contributed by atoms with van der Waals surface area (Å²) < 4.78 is 0. The van der Waals surface area contributed by atoms with Gasteiger partial charge in [-0.2, -0.15) is 0 Å². The molecule has 0 aliphatic rings. The molecule has 0 N–H and O–H groups in total. The molecule has 0 bridgehead atoms. The number of allylic oxidation sites excluding steroid dienone is 5. The van der Waals surface area contributed by atoms with Crippen molar-refractivity contribution >= 4 is 16.3 Å². The highest BCUT2D eigenvalue weighted by Gasteiger charge is 2.07. The van der Waals surface area contributed by atoms with E-state index in [4.69, 9.17) is 0 Å². The van der Waals surface area contributed by atoms with E-state index < -0.39 is 0 Å². The van der Waals surface area contributed by atoms with Crippen molar-refractivity contribution in [2.45, 2.75) is 6.42 Å². The molecule has 0 heterocycles. The average Bonchev–Trinajstić information content (AvgIpc) is 2.62. The molecule has 0 amide bonds. The van der Waals surface area contributed by atoms with Crippen molar-refractivity contribution < 1.29 is 0 Å². The lowest BCUT2D eigenvalue weighted by molar-refractivity contribution is 0.850. The second kappa shape index (κ2) is 9.32. The Morgan fingerprint density at radius 3 is 2.21 bits per heavy atom. The summed E-state index contributed by atoms with van der Waals surface area (Å²) in [6, 6.07) is 22.9. The minimum atomic E-state index is 0.249. The van der Waals surface area contributed by atoms with Gasteiger partial charge in [0.1, 0.15) is 0 Å². The van der Waals surface area contributed by atoms with Gasteiger partial charge >= 0.3 is 0 Å². The maximum Gasteiger partial charge on any atom is -0.00126 e. The number of hydrogen-bond acceptors (Lipinski definition) is 0. The highest BCUT2D eigenvalue weighted by molar-refractivity contribution is 5.92. The average molecular weight is 312 g/mol. The molecule has 2 rings (SSSR count). The standard InChI is InChI=1S/C24H24/c1-4-6-14-21(5-2)19-20(3)23-17-11-9-7-8-10-15-22-16-12-13-18-24(22)23/h4-18,21H,1-3,19H2/b8-7?,9-7?,10-8?,11-9?,14-6-,15-10?,17-11?,22-15?,23-17?,24-23?. The van der Waals surface area contributed by atoms with Gasteiger partial charge in [0.05, 0.1) is 0 Å². The van der Waals surface area contributed by atoms with Crippen LogP contribution in [0.3, 0.4) is 0 Å². The van der Waals surface area contributed by atoms with E-state index in [1.807, 2.05) is 30.4 Å². The monoisotopic (exact) mass is 312 g/mol. The van der Waals surface area contributed by atoms with E-state index in [0.717, 1.165) is 12.0 Å². The molecule has 2 aromatic carbocycles. The molecule has 2 aromatic rings. The molecule has 0 spiro atoms. The molecule has 0 aliphatic heterocycles. The van der Waals surface area contributed by atoms with Crippen LogP contribution in [0, 0.1) is 5.92 Å². The van der Waals surface area contributed by atoms with E-state index in [0.29, 0.717) is 0 Å². The number of benzene rings is 1. The molecular weight excluding hydrogens is 288 g/mol. The van der Waals surface area contributed by atoms with E-state index >= 15 is 0 Å². The summed E-state index contributed by atoms with van der Waals surface area (Å²) in [5.41, 5.74) is 2.27. The first-order chi connectivity index (χ1) is 11.8. The third-order valence-electron chi connectivity index (χ3n) is 3.89. The lowest BCUT2D eigenvalue weighted by Crippen LogP contribution is -1.94. The lowest BCUT2D eigenvalue weighted by atomic mass is 9.93. The topological polar surface area (TPSA) is 0 Å². The quantitative estimate of drug-likeness (QED) is 0.401. The van der Waals surface area contributed by atoms with E-state index in [-0.39, 0.29) is 5.92 Å². The van der Waals surface area contributed by atoms with Crippen LogP contribution >= 0.6 is 0 Å². The summed E-state index contributed by atoms with van der Waals surface area (Å²) in [5.74, 6) is 0.249. The van der Waals surface area contributed by atoms with Crippen LogP contribution in [-0.4, -0.2) is 0 Å². The van der Waals surface area contributed by atoms with Gasteiger partial charge in [0.15, 0.2) is 0 Å². The Bertz CT molecular complexity index is 806. The zero-order valence-electron chi connectivity index (χ0n) is 14.1. The minimum absolute atomic E-state index is 0.249. The normalized spacial score (nSPS) is 11.7. The molecule has 0 fully saturated rings. The summed E-state index contributed by atoms with van der Waals surface area (Å²) in [4.78, 5) is 0. The van der Waals surface area contributed by atoms with Crippen molar-refractivity contribution in [2.75, 3.05) is 0 Å². The van der Waals surface area contributed by atoms with Gasteiger partial charge in [-0.05, 0) is 34.2 Å². The maximum absolute atomic E-state index is 4.35.